The molecule has 1 aromatic carbocycles. The van der Waals surface area contributed by atoms with Crippen LogP contribution in [0.15, 0.2) is 42.6 Å². The Bertz CT molecular complexity index is 786. The van der Waals surface area contributed by atoms with Gasteiger partial charge in [-0.25, -0.2) is 4.98 Å². The number of aromatic nitrogens is 1. The molecule has 1 aliphatic rings. The standard InChI is InChI=1S/C20H24N4O3/c1-15-4-2-3-5-17(15)20(26)21-9-8-19(25)23-16-6-7-18(22-14-16)24-10-12-27-13-11-24/h2-7,14H,8-13H2,1H3,(H,21,26)(H,23,25). The summed E-state index contributed by atoms with van der Waals surface area (Å²) in [5, 5.41) is 5.58. The van der Waals surface area contributed by atoms with E-state index in [9.17, 15) is 9.59 Å². The zero-order valence-electron chi connectivity index (χ0n) is 15.4. The fraction of sp³-hybridized carbons (Fsp3) is 0.350. The molecule has 2 amide bonds. The number of nitrogens with zero attached hydrogens (tertiary/aromatic N) is 2. The van der Waals surface area contributed by atoms with E-state index in [0.29, 0.717) is 24.5 Å². The third-order valence-corrected chi connectivity index (χ3v) is 4.39. The van der Waals surface area contributed by atoms with Crippen LogP contribution in [0.2, 0.25) is 0 Å². The highest BCUT2D eigenvalue weighted by Crippen LogP contribution is 2.15. The van der Waals surface area contributed by atoms with Crippen LogP contribution in [-0.2, 0) is 9.53 Å². The predicted octanol–water partition coefficient (Wildman–Crippen LogP) is 1.99. The van der Waals surface area contributed by atoms with Gasteiger partial charge in [-0.15, -0.1) is 0 Å². The van der Waals surface area contributed by atoms with Crippen molar-refractivity contribution >= 4 is 23.3 Å². The van der Waals surface area contributed by atoms with Crippen LogP contribution in [0, 0.1) is 6.92 Å². The van der Waals surface area contributed by atoms with Gasteiger partial charge < -0.3 is 20.3 Å². The Morgan fingerprint density at radius 2 is 1.93 bits per heavy atom. The number of hydrogen-bond acceptors (Lipinski definition) is 5. The lowest BCUT2D eigenvalue weighted by Gasteiger charge is -2.27. The number of anilines is 2. The average Bonchev–Trinajstić information content (AvgIpc) is 2.69. The number of carbonyl (C=O) groups is 2. The van der Waals surface area contributed by atoms with Gasteiger partial charge in [0, 0.05) is 31.6 Å². The fourth-order valence-electron chi connectivity index (χ4n) is 2.88. The highest BCUT2D eigenvalue weighted by molar-refractivity contribution is 5.96. The Morgan fingerprint density at radius 3 is 2.63 bits per heavy atom. The number of aryl methyl sites for hydroxylation is 1. The molecular formula is C20H24N4O3. The molecule has 3 rings (SSSR count). The average molecular weight is 368 g/mol. The smallest absolute Gasteiger partial charge is 0.251 e. The molecule has 1 aliphatic heterocycles. The number of nitrogens with one attached hydrogen (secondary N) is 2. The van der Waals surface area contributed by atoms with Gasteiger partial charge in [0.2, 0.25) is 5.91 Å². The van der Waals surface area contributed by atoms with E-state index in [-0.39, 0.29) is 24.8 Å². The van der Waals surface area contributed by atoms with Crippen LogP contribution in [0.25, 0.3) is 0 Å². The first-order valence-corrected chi connectivity index (χ1v) is 9.06. The Kier molecular flexibility index (Phi) is 6.38. The molecule has 0 radical (unpaired) electrons. The minimum absolute atomic E-state index is 0.166. The van der Waals surface area contributed by atoms with Crippen molar-refractivity contribution in [3.8, 4) is 0 Å². The topological polar surface area (TPSA) is 83.6 Å². The first-order valence-electron chi connectivity index (χ1n) is 9.06. The molecule has 0 bridgehead atoms. The second-order valence-electron chi connectivity index (χ2n) is 6.37. The molecule has 0 spiro atoms. The molecule has 27 heavy (non-hydrogen) atoms. The monoisotopic (exact) mass is 368 g/mol. The molecule has 2 heterocycles. The van der Waals surface area contributed by atoms with Gasteiger partial charge in [-0.3, -0.25) is 9.59 Å². The second-order valence-corrected chi connectivity index (χ2v) is 6.37. The largest absolute Gasteiger partial charge is 0.378 e. The van der Waals surface area contributed by atoms with Crippen molar-refractivity contribution in [1.82, 2.24) is 10.3 Å². The number of amides is 2. The molecule has 7 nitrogen and oxygen atoms in total. The van der Waals surface area contributed by atoms with Crippen LogP contribution >= 0.6 is 0 Å². The Labute approximate surface area is 158 Å². The molecule has 142 valence electrons. The van der Waals surface area contributed by atoms with Gasteiger partial charge in [-0.05, 0) is 30.7 Å². The normalized spacial score (nSPS) is 13.9. The van der Waals surface area contributed by atoms with Gasteiger partial charge in [-0.1, -0.05) is 18.2 Å². The van der Waals surface area contributed by atoms with Gasteiger partial charge in [0.15, 0.2) is 0 Å². The number of benzene rings is 1. The summed E-state index contributed by atoms with van der Waals surface area (Å²) >= 11 is 0. The summed E-state index contributed by atoms with van der Waals surface area (Å²) in [6.45, 7) is 5.20. The Balaban J connectivity index is 1.44. The SMILES string of the molecule is Cc1ccccc1C(=O)NCCC(=O)Nc1ccc(N2CCOCC2)nc1. The summed E-state index contributed by atoms with van der Waals surface area (Å²) in [4.78, 5) is 30.7. The minimum Gasteiger partial charge on any atom is -0.378 e. The van der Waals surface area contributed by atoms with Crippen LogP contribution in [0.5, 0.6) is 0 Å². The number of carbonyl (C=O) groups excluding carboxylic acids is 2. The molecule has 0 saturated carbocycles. The summed E-state index contributed by atoms with van der Waals surface area (Å²) in [6, 6.07) is 11.1. The lowest BCUT2D eigenvalue weighted by molar-refractivity contribution is -0.116. The fourth-order valence-corrected chi connectivity index (χ4v) is 2.88. The lowest BCUT2D eigenvalue weighted by atomic mass is 10.1. The maximum atomic E-state index is 12.1. The van der Waals surface area contributed by atoms with Crippen molar-refractivity contribution in [3.05, 3.63) is 53.7 Å². The summed E-state index contributed by atoms with van der Waals surface area (Å²) in [6.07, 6.45) is 1.84. The number of morpholine rings is 1. The highest BCUT2D eigenvalue weighted by atomic mass is 16.5. The third kappa shape index (κ3) is 5.27. The molecule has 1 saturated heterocycles. The molecule has 2 N–H and O–H groups in total. The quantitative estimate of drug-likeness (QED) is 0.815. The lowest BCUT2D eigenvalue weighted by Crippen LogP contribution is -2.36. The summed E-state index contributed by atoms with van der Waals surface area (Å²) < 4.78 is 5.33. The number of ether oxygens (including phenoxy) is 1. The third-order valence-electron chi connectivity index (χ3n) is 4.39. The highest BCUT2D eigenvalue weighted by Gasteiger charge is 2.13. The van der Waals surface area contributed by atoms with Crippen molar-refractivity contribution in [2.24, 2.45) is 0 Å². The molecule has 0 unspecified atom stereocenters. The minimum atomic E-state index is -0.169. The van der Waals surface area contributed by atoms with Gasteiger partial charge in [0.1, 0.15) is 5.82 Å². The second kappa shape index (κ2) is 9.14. The Hall–Kier alpha value is -2.93. The van der Waals surface area contributed by atoms with Crippen molar-refractivity contribution in [1.29, 1.82) is 0 Å². The molecule has 2 aromatic rings. The summed E-state index contributed by atoms with van der Waals surface area (Å²) in [5.41, 5.74) is 2.17. The molecule has 1 aromatic heterocycles. The first-order chi connectivity index (χ1) is 13.1. The van der Waals surface area contributed by atoms with Gasteiger partial charge in [0.05, 0.1) is 25.1 Å². The van der Waals surface area contributed by atoms with E-state index in [1.54, 1.807) is 12.3 Å². The molecule has 0 atom stereocenters. The number of pyridine rings is 1. The number of hydrogen-bond donors (Lipinski definition) is 2. The zero-order chi connectivity index (χ0) is 19.1. The van der Waals surface area contributed by atoms with Crippen molar-refractivity contribution in [3.63, 3.8) is 0 Å². The maximum absolute atomic E-state index is 12.1. The van der Waals surface area contributed by atoms with E-state index in [1.807, 2.05) is 37.3 Å². The number of rotatable bonds is 6. The van der Waals surface area contributed by atoms with E-state index >= 15 is 0 Å². The zero-order valence-corrected chi connectivity index (χ0v) is 15.4. The van der Waals surface area contributed by atoms with Gasteiger partial charge in [-0.2, -0.15) is 0 Å². The molecule has 1 fully saturated rings. The van der Waals surface area contributed by atoms with Crippen LogP contribution in [0.1, 0.15) is 22.3 Å². The summed E-state index contributed by atoms with van der Waals surface area (Å²) in [5.74, 6) is 0.542. The maximum Gasteiger partial charge on any atom is 0.251 e. The first kappa shape index (κ1) is 18.8. The molecule has 7 heteroatoms. The van der Waals surface area contributed by atoms with E-state index in [2.05, 4.69) is 20.5 Å². The predicted molar refractivity (Wildman–Crippen MR) is 104 cm³/mol. The summed E-state index contributed by atoms with van der Waals surface area (Å²) in [7, 11) is 0. The van der Waals surface area contributed by atoms with E-state index < -0.39 is 0 Å². The van der Waals surface area contributed by atoms with Crippen molar-refractivity contribution < 1.29 is 14.3 Å². The van der Waals surface area contributed by atoms with Crippen LogP contribution in [0.4, 0.5) is 11.5 Å². The van der Waals surface area contributed by atoms with E-state index in [1.165, 1.54) is 0 Å². The Morgan fingerprint density at radius 1 is 1.15 bits per heavy atom. The van der Waals surface area contributed by atoms with Crippen molar-refractivity contribution in [2.75, 3.05) is 43.1 Å². The molecule has 0 aliphatic carbocycles. The van der Waals surface area contributed by atoms with Crippen LogP contribution in [0.3, 0.4) is 0 Å². The van der Waals surface area contributed by atoms with E-state index in [4.69, 9.17) is 4.74 Å². The van der Waals surface area contributed by atoms with Crippen molar-refractivity contribution in [2.45, 2.75) is 13.3 Å². The van der Waals surface area contributed by atoms with Crippen LogP contribution in [-0.4, -0.2) is 49.6 Å². The van der Waals surface area contributed by atoms with Gasteiger partial charge >= 0.3 is 0 Å². The van der Waals surface area contributed by atoms with E-state index in [0.717, 1.165) is 24.5 Å². The van der Waals surface area contributed by atoms with Crippen LogP contribution < -0.4 is 15.5 Å². The van der Waals surface area contributed by atoms with Gasteiger partial charge in [0.25, 0.3) is 5.91 Å². The molecular weight excluding hydrogens is 344 g/mol.